The number of nitrogens with zero attached hydrogens (tertiary/aromatic N) is 2. The summed E-state index contributed by atoms with van der Waals surface area (Å²) in [6, 6.07) is 0. The number of rotatable bonds is 4. The van der Waals surface area contributed by atoms with Crippen molar-refractivity contribution in [2.24, 2.45) is 17.1 Å². The lowest BCUT2D eigenvalue weighted by molar-refractivity contribution is -0.127. The van der Waals surface area contributed by atoms with Gasteiger partial charge in [-0.05, 0) is 25.2 Å². The van der Waals surface area contributed by atoms with Gasteiger partial charge in [0.2, 0.25) is 5.91 Å². The van der Waals surface area contributed by atoms with E-state index < -0.39 is 5.41 Å². The number of likely N-dealkylation sites (tertiary alicyclic amines) is 1. The maximum atomic E-state index is 12.3. The van der Waals surface area contributed by atoms with Gasteiger partial charge >= 0.3 is 0 Å². The molecular formula is C14H21N3O2S. The molecule has 0 bridgehead atoms. The second-order valence-corrected chi connectivity index (χ2v) is 6.80. The van der Waals surface area contributed by atoms with Gasteiger partial charge in [-0.2, -0.15) is 0 Å². The van der Waals surface area contributed by atoms with Crippen LogP contribution in [0.15, 0.2) is 10.9 Å². The molecule has 0 radical (unpaired) electrons. The van der Waals surface area contributed by atoms with Gasteiger partial charge in [-0.1, -0.05) is 13.8 Å². The van der Waals surface area contributed by atoms with E-state index in [1.54, 1.807) is 10.9 Å². The average Bonchev–Trinajstić information content (AvgIpc) is 2.91. The van der Waals surface area contributed by atoms with Gasteiger partial charge in [-0.25, -0.2) is 4.98 Å². The summed E-state index contributed by atoms with van der Waals surface area (Å²) < 4.78 is 0. The van der Waals surface area contributed by atoms with Crippen molar-refractivity contribution in [3.63, 3.8) is 0 Å². The smallest absolute Gasteiger partial charge is 0.273 e. The number of piperidine rings is 1. The molecule has 1 aromatic rings. The van der Waals surface area contributed by atoms with E-state index in [1.165, 1.54) is 11.3 Å². The molecule has 1 aliphatic heterocycles. The van der Waals surface area contributed by atoms with E-state index in [9.17, 15) is 9.59 Å². The Morgan fingerprint density at radius 1 is 1.55 bits per heavy atom. The van der Waals surface area contributed by atoms with Crippen LogP contribution in [0, 0.1) is 11.3 Å². The Kier molecular flexibility index (Phi) is 4.42. The van der Waals surface area contributed by atoms with E-state index >= 15 is 0 Å². The van der Waals surface area contributed by atoms with Crippen molar-refractivity contribution in [2.75, 3.05) is 13.1 Å². The summed E-state index contributed by atoms with van der Waals surface area (Å²) in [5, 5.41) is 1.78. The number of thiazole rings is 1. The molecule has 2 N–H and O–H groups in total. The molecule has 2 amide bonds. The molecule has 1 atom stereocenters. The fourth-order valence-corrected chi connectivity index (χ4v) is 3.24. The third-order valence-electron chi connectivity index (χ3n) is 3.92. The molecule has 1 aliphatic rings. The highest BCUT2D eigenvalue weighted by molar-refractivity contribution is 7.07. The van der Waals surface area contributed by atoms with E-state index in [4.69, 9.17) is 5.73 Å². The van der Waals surface area contributed by atoms with Gasteiger partial charge in [0.25, 0.3) is 5.91 Å². The van der Waals surface area contributed by atoms with Crippen LogP contribution in [-0.4, -0.2) is 34.8 Å². The molecule has 6 heteroatoms. The highest BCUT2D eigenvalue weighted by atomic mass is 32.1. The lowest BCUT2D eigenvalue weighted by atomic mass is 9.79. The summed E-state index contributed by atoms with van der Waals surface area (Å²) in [7, 11) is 0. The zero-order valence-corrected chi connectivity index (χ0v) is 12.8. The molecule has 1 fully saturated rings. The number of amides is 2. The minimum absolute atomic E-state index is 0.00664. The van der Waals surface area contributed by atoms with Crippen LogP contribution in [0.1, 0.15) is 43.6 Å². The molecule has 0 saturated carbocycles. The first-order valence-corrected chi connectivity index (χ1v) is 7.82. The molecule has 0 aromatic carbocycles. The molecule has 2 rings (SSSR count). The second-order valence-electron chi connectivity index (χ2n) is 6.09. The molecule has 110 valence electrons. The minimum Gasteiger partial charge on any atom is -0.369 e. The van der Waals surface area contributed by atoms with Crippen LogP contribution < -0.4 is 5.73 Å². The number of hydrogen-bond acceptors (Lipinski definition) is 4. The number of primary amides is 1. The number of carbonyl (C=O) groups is 2. The molecule has 1 unspecified atom stereocenters. The van der Waals surface area contributed by atoms with Crippen molar-refractivity contribution in [1.29, 1.82) is 0 Å². The van der Waals surface area contributed by atoms with Gasteiger partial charge in [0.15, 0.2) is 0 Å². The van der Waals surface area contributed by atoms with Gasteiger partial charge < -0.3 is 10.6 Å². The lowest BCUT2D eigenvalue weighted by Crippen LogP contribution is -2.43. The summed E-state index contributed by atoms with van der Waals surface area (Å²) in [5.41, 5.74) is 7.10. The molecule has 0 aliphatic carbocycles. The third-order valence-corrected chi connectivity index (χ3v) is 4.51. The standard InChI is InChI=1S/C14H21N3O2S/c1-14(2,13(15)19)6-10-4-3-5-17(7-10)12(18)11-8-20-9-16-11/h8-10H,3-7H2,1-2H3,(H2,15,19). The van der Waals surface area contributed by atoms with Crippen LogP contribution in [0.5, 0.6) is 0 Å². The van der Waals surface area contributed by atoms with Gasteiger partial charge in [0, 0.05) is 23.9 Å². The van der Waals surface area contributed by atoms with Crippen molar-refractivity contribution < 1.29 is 9.59 Å². The van der Waals surface area contributed by atoms with Gasteiger partial charge in [-0.15, -0.1) is 11.3 Å². The Morgan fingerprint density at radius 3 is 2.90 bits per heavy atom. The normalized spacial score (nSPS) is 19.9. The van der Waals surface area contributed by atoms with Crippen LogP contribution >= 0.6 is 11.3 Å². The van der Waals surface area contributed by atoms with Gasteiger partial charge in [0.1, 0.15) is 5.69 Å². The summed E-state index contributed by atoms with van der Waals surface area (Å²) in [4.78, 5) is 29.6. The van der Waals surface area contributed by atoms with Gasteiger partial charge in [-0.3, -0.25) is 9.59 Å². The van der Waals surface area contributed by atoms with Crippen molar-refractivity contribution in [1.82, 2.24) is 9.88 Å². The van der Waals surface area contributed by atoms with Gasteiger partial charge in [0.05, 0.1) is 5.51 Å². The van der Waals surface area contributed by atoms with Crippen LogP contribution in [0.25, 0.3) is 0 Å². The number of hydrogen-bond donors (Lipinski definition) is 1. The fourth-order valence-electron chi connectivity index (χ4n) is 2.72. The van der Waals surface area contributed by atoms with E-state index in [0.29, 0.717) is 18.2 Å². The predicted molar refractivity (Wildman–Crippen MR) is 78.3 cm³/mol. The first-order valence-electron chi connectivity index (χ1n) is 6.87. The molecule has 2 heterocycles. The molecular weight excluding hydrogens is 274 g/mol. The van der Waals surface area contributed by atoms with Crippen LogP contribution in [0.3, 0.4) is 0 Å². The Labute approximate surface area is 123 Å². The highest BCUT2D eigenvalue weighted by Crippen LogP contribution is 2.30. The maximum Gasteiger partial charge on any atom is 0.273 e. The van der Waals surface area contributed by atoms with E-state index in [0.717, 1.165) is 25.8 Å². The lowest BCUT2D eigenvalue weighted by Gasteiger charge is -2.35. The zero-order chi connectivity index (χ0) is 14.8. The first-order chi connectivity index (χ1) is 9.40. The van der Waals surface area contributed by atoms with E-state index in [1.807, 2.05) is 18.7 Å². The first kappa shape index (κ1) is 15.0. The van der Waals surface area contributed by atoms with Crippen molar-refractivity contribution in [2.45, 2.75) is 33.1 Å². The summed E-state index contributed by atoms with van der Waals surface area (Å²) in [6.45, 7) is 5.20. The number of aromatic nitrogens is 1. The molecule has 20 heavy (non-hydrogen) atoms. The van der Waals surface area contributed by atoms with Crippen molar-refractivity contribution >= 4 is 23.2 Å². The largest absolute Gasteiger partial charge is 0.369 e. The monoisotopic (exact) mass is 295 g/mol. The SMILES string of the molecule is CC(C)(CC1CCCN(C(=O)c2cscn2)C1)C(N)=O. The Bertz CT molecular complexity index is 485. The Balaban J connectivity index is 1.99. The quantitative estimate of drug-likeness (QED) is 0.921. The summed E-state index contributed by atoms with van der Waals surface area (Å²) >= 11 is 1.43. The van der Waals surface area contributed by atoms with Crippen molar-refractivity contribution in [3.05, 3.63) is 16.6 Å². The molecule has 0 spiro atoms. The van der Waals surface area contributed by atoms with Crippen LogP contribution in [0.4, 0.5) is 0 Å². The topological polar surface area (TPSA) is 76.3 Å². The number of nitrogens with two attached hydrogens (primary N) is 1. The Hall–Kier alpha value is -1.43. The average molecular weight is 295 g/mol. The minimum atomic E-state index is -0.517. The summed E-state index contributed by atoms with van der Waals surface area (Å²) in [6.07, 6.45) is 2.73. The third kappa shape index (κ3) is 3.36. The molecule has 1 saturated heterocycles. The fraction of sp³-hybridized carbons (Fsp3) is 0.643. The zero-order valence-electron chi connectivity index (χ0n) is 12.0. The summed E-state index contributed by atoms with van der Waals surface area (Å²) in [5.74, 6) is 0.0436. The highest BCUT2D eigenvalue weighted by Gasteiger charge is 2.32. The van der Waals surface area contributed by atoms with Crippen LogP contribution in [0.2, 0.25) is 0 Å². The number of carbonyl (C=O) groups excluding carboxylic acids is 2. The van der Waals surface area contributed by atoms with Crippen molar-refractivity contribution in [3.8, 4) is 0 Å². The van der Waals surface area contributed by atoms with E-state index in [2.05, 4.69) is 4.98 Å². The maximum absolute atomic E-state index is 12.3. The predicted octanol–water partition coefficient (Wildman–Crippen LogP) is 1.90. The molecule has 5 nitrogen and oxygen atoms in total. The molecule has 1 aromatic heterocycles. The van der Waals surface area contributed by atoms with Crippen LogP contribution in [-0.2, 0) is 4.79 Å². The second kappa shape index (κ2) is 5.91. The van der Waals surface area contributed by atoms with E-state index in [-0.39, 0.29) is 11.8 Å². The Morgan fingerprint density at radius 2 is 2.30 bits per heavy atom.